The molecule has 0 radical (unpaired) electrons. The summed E-state index contributed by atoms with van der Waals surface area (Å²) in [6.07, 6.45) is 0. The summed E-state index contributed by atoms with van der Waals surface area (Å²) in [7, 11) is 0. The number of hydrogen-bond donors (Lipinski definition) is 1. The Morgan fingerprint density at radius 1 is 0.950 bits per heavy atom. The standard InChI is InChI=1S/C15H11ClN4/c16-9-14-17-12-7-3-4-8-13(12)20(14)15-18-10-5-1-2-6-11(10)19-15/h1-8H,9H2,(H,18,19). The van der Waals surface area contributed by atoms with Crippen molar-refractivity contribution in [2.24, 2.45) is 0 Å². The number of rotatable bonds is 2. The number of H-pyrrole nitrogens is 1. The van der Waals surface area contributed by atoms with Crippen LogP contribution in [0.15, 0.2) is 48.5 Å². The summed E-state index contributed by atoms with van der Waals surface area (Å²) >= 11 is 6.03. The van der Waals surface area contributed by atoms with Crippen molar-refractivity contribution < 1.29 is 0 Å². The summed E-state index contributed by atoms with van der Waals surface area (Å²) < 4.78 is 1.97. The summed E-state index contributed by atoms with van der Waals surface area (Å²) in [6, 6.07) is 15.9. The van der Waals surface area contributed by atoms with E-state index in [-0.39, 0.29) is 0 Å². The van der Waals surface area contributed by atoms with Gasteiger partial charge >= 0.3 is 0 Å². The number of para-hydroxylation sites is 4. The van der Waals surface area contributed by atoms with Crippen LogP contribution in [-0.4, -0.2) is 19.5 Å². The average Bonchev–Trinajstić information content (AvgIpc) is 3.07. The van der Waals surface area contributed by atoms with Crippen LogP contribution in [0.2, 0.25) is 0 Å². The maximum atomic E-state index is 6.03. The summed E-state index contributed by atoms with van der Waals surface area (Å²) in [4.78, 5) is 12.5. The van der Waals surface area contributed by atoms with Crippen molar-refractivity contribution >= 4 is 33.7 Å². The van der Waals surface area contributed by atoms with Crippen LogP contribution in [0.5, 0.6) is 0 Å². The summed E-state index contributed by atoms with van der Waals surface area (Å²) in [6.45, 7) is 0. The second-order valence-electron chi connectivity index (χ2n) is 4.56. The molecule has 98 valence electrons. The van der Waals surface area contributed by atoms with Crippen molar-refractivity contribution in [1.82, 2.24) is 19.5 Å². The SMILES string of the molecule is ClCc1nc2ccccc2n1-c1nc2ccccc2[nH]1. The number of aromatic nitrogens is 4. The molecule has 0 aliphatic carbocycles. The van der Waals surface area contributed by atoms with E-state index in [4.69, 9.17) is 11.6 Å². The molecule has 2 heterocycles. The Bertz CT molecular complexity index is 873. The van der Waals surface area contributed by atoms with Gasteiger partial charge in [0.25, 0.3) is 0 Å². The molecule has 4 nitrogen and oxygen atoms in total. The van der Waals surface area contributed by atoms with Gasteiger partial charge in [-0.05, 0) is 24.3 Å². The third-order valence-electron chi connectivity index (χ3n) is 3.34. The fraction of sp³-hybridized carbons (Fsp3) is 0.0667. The predicted octanol–water partition coefficient (Wildman–Crippen LogP) is 3.64. The first kappa shape index (κ1) is 11.5. The average molecular weight is 283 g/mol. The number of fused-ring (bicyclic) bond motifs is 2. The molecule has 4 aromatic rings. The number of nitrogens with one attached hydrogen (secondary N) is 1. The first-order valence-electron chi connectivity index (χ1n) is 6.34. The molecule has 0 aliphatic heterocycles. The van der Waals surface area contributed by atoms with Crippen LogP contribution in [0.4, 0.5) is 0 Å². The topological polar surface area (TPSA) is 46.5 Å². The van der Waals surface area contributed by atoms with Gasteiger partial charge in [0.1, 0.15) is 5.82 Å². The van der Waals surface area contributed by atoms with Crippen LogP contribution in [0.3, 0.4) is 0 Å². The Labute approximate surface area is 120 Å². The fourth-order valence-electron chi connectivity index (χ4n) is 2.45. The first-order valence-corrected chi connectivity index (χ1v) is 6.88. The molecule has 4 rings (SSSR count). The van der Waals surface area contributed by atoms with Crippen molar-refractivity contribution in [3.05, 3.63) is 54.4 Å². The van der Waals surface area contributed by atoms with Crippen molar-refractivity contribution in [3.63, 3.8) is 0 Å². The van der Waals surface area contributed by atoms with Crippen molar-refractivity contribution in [1.29, 1.82) is 0 Å². The van der Waals surface area contributed by atoms with Crippen molar-refractivity contribution in [2.75, 3.05) is 0 Å². The molecule has 0 amide bonds. The lowest BCUT2D eigenvalue weighted by Gasteiger charge is -2.02. The minimum absolute atomic E-state index is 0.339. The van der Waals surface area contributed by atoms with Gasteiger partial charge in [0.05, 0.1) is 27.9 Å². The second-order valence-corrected chi connectivity index (χ2v) is 4.83. The first-order chi connectivity index (χ1) is 9.86. The highest BCUT2D eigenvalue weighted by molar-refractivity contribution is 6.17. The maximum Gasteiger partial charge on any atom is 0.214 e. The van der Waals surface area contributed by atoms with Crippen LogP contribution >= 0.6 is 11.6 Å². The molecule has 2 aromatic carbocycles. The van der Waals surface area contributed by atoms with E-state index in [1.165, 1.54) is 0 Å². The zero-order valence-electron chi connectivity index (χ0n) is 10.5. The number of aromatic amines is 1. The van der Waals surface area contributed by atoms with Gasteiger partial charge in [-0.2, -0.15) is 0 Å². The molecule has 0 fully saturated rings. The second kappa shape index (κ2) is 4.35. The van der Waals surface area contributed by atoms with E-state index in [0.29, 0.717) is 5.88 Å². The molecule has 0 bridgehead atoms. The van der Waals surface area contributed by atoms with Crippen molar-refractivity contribution in [2.45, 2.75) is 5.88 Å². The molecular weight excluding hydrogens is 272 g/mol. The number of benzene rings is 2. The largest absolute Gasteiger partial charge is 0.323 e. The van der Waals surface area contributed by atoms with Gasteiger partial charge in [0.15, 0.2) is 0 Å². The van der Waals surface area contributed by atoms with Gasteiger partial charge in [-0.15, -0.1) is 11.6 Å². The van der Waals surface area contributed by atoms with E-state index in [1.54, 1.807) is 0 Å². The molecule has 0 spiro atoms. The van der Waals surface area contributed by atoms with E-state index in [1.807, 2.05) is 53.1 Å². The number of halogens is 1. The highest BCUT2D eigenvalue weighted by atomic mass is 35.5. The third-order valence-corrected chi connectivity index (χ3v) is 3.58. The Balaban J connectivity index is 2.05. The monoisotopic (exact) mass is 282 g/mol. The maximum absolute atomic E-state index is 6.03. The van der Waals surface area contributed by atoms with Crippen LogP contribution < -0.4 is 0 Å². The number of imidazole rings is 2. The van der Waals surface area contributed by atoms with E-state index >= 15 is 0 Å². The zero-order valence-corrected chi connectivity index (χ0v) is 11.3. The molecule has 0 unspecified atom stereocenters. The third kappa shape index (κ3) is 1.62. The van der Waals surface area contributed by atoms with Gasteiger partial charge in [0.2, 0.25) is 5.95 Å². The van der Waals surface area contributed by atoms with E-state index < -0.39 is 0 Å². The summed E-state index contributed by atoms with van der Waals surface area (Å²) in [5.41, 5.74) is 3.85. The van der Waals surface area contributed by atoms with E-state index in [2.05, 4.69) is 15.0 Å². The lowest BCUT2D eigenvalue weighted by atomic mass is 10.3. The normalized spacial score (nSPS) is 11.4. The van der Waals surface area contributed by atoms with Crippen molar-refractivity contribution in [3.8, 4) is 5.95 Å². The molecule has 2 aromatic heterocycles. The molecule has 20 heavy (non-hydrogen) atoms. The Hall–Kier alpha value is -2.33. The number of nitrogens with zero attached hydrogens (tertiary/aromatic N) is 3. The van der Waals surface area contributed by atoms with Gasteiger partial charge in [-0.1, -0.05) is 24.3 Å². The van der Waals surface area contributed by atoms with Crippen LogP contribution in [-0.2, 0) is 5.88 Å². The van der Waals surface area contributed by atoms with Gasteiger partial charge in [-0.25, -0.2) is 9.97 Å². The smallest absolute Gasteiger partial charge is 0.214 e. The Morgan fingerprint density at radius 3 is 2.50 bits per heavy atom. The van der Waals surface area contributed by atoms with Crippen LogP contribution in [0, 0.1) is 0 Å². The van der Waals surface area contributed by atoms with Gasteiger partial charge < -0.3 is 4.98 Å². The molecule has 0 atom stereocenters. The van der Waals surface area contributed by atoms with Gasteiger partial charge in [0, 0.05) is 0 Å². The summed E-state index contributed by atoms with van der Waals surface area (Å²) in [5, 5.41) is 0. The van der Waals surface area contributed by atoms with Crippen LogP contribution in [0.25, 0.3) is 28.0 Å². The quantitative estimate of drug-likeness (QED) is 0.571. The zero-order chi connectivity index (χ0) is 13.5. The predicted molar refractivity (Wildman–Crippen MR) is 80.3 cm³/mol. The molecule has 1 N–H and O–H groups in total. The number of alkyl halides is 1. The number of hydrogen-bond acceptors (Lipinski definition) is 2. The minimum atomic E-state index is 0.339. The highest BCUT2D eigenvalue weighted by Crippen LogP contribution is 2.22. The van der Waals surface area contributed by atoms with Gasteiger partial charge in [-0.3, -0.25) is 4.57 Å². The van der Waals surface area contributed by atoms with E-state index in [0.717, 1.165) is 33.8 Å². The lowest BCUT2D eigenvalue weighted by Crippen LogP contribution is -2.01. The molecule has 0 saturated heterocycles. The molecule has 5 heteroatoms. The Morgan fingerprint density at radius 2 is 1.70 bits per heavy atom. The molecular formula is C15H11ClN4. The Kier molecular flexibility index (Phi) is 2.50. The minimum Gasteiger partial charge on any atom is -0.323 e. The highest BCUT2D eigenvalue weighted by Gasteiger charge is 2.14. The molecule has 0 aliphatic rings. The van der Waals surface area contributed by atoms with E-state index in [9.17, 15) is 0 Å². The summed E-state index contributed by atoms with van der Waals surface area (Å²) in [5.74, 6) is 1.87. The molecule has 0 saturated carbocycles. The lowest BCUT2D eigenvalue weighted by molar-refractivity contribution is 0.923. The fourth-order valence-corrected chi connectivity index (χ4v) is 2.63. The van der Waals surface area contributed by atoms with Crippen LogP contribution in [0.1, 0.15) is 5.82 Å².